The van der Waals surface area contributed by atoms with Gasteiger partial charge < -0.3 is 4.74 Å². The van der Waals surface area contributed by atoms with E-state index in [-0.39, 0.29) is 5.78 Å². The molecule has 0 bridgehead atoms. The van der Waals surface area contributed by atoms with Crippen LogP contribution in [0.15, 0.2) is 54.6 Å². The van der Waals surface area contributed by atoms with Gasteiger partial charge in [-0.1, -0.05) is 30.3 Å². The molecule has 0 saturated carbocycles. The molecule has 0 amide bonds. The molecule has 3 nitrogen and oxygen atoms in total. The van der Waals surface area contributed by atoms with Gasteiger partial charge in [0, 0.05) is 11.1 Å². The molecular formula is C17H13NO2. The zero-order valence-electron chi connectivity index (χ0n) is 11.0. The SMILES string of the molecule is COc1ccccc1C=CC(=O)c1cccc(C#N)c1. The van der Waals surface area contributed by atoms with Crippen LogP contribution < -0.4 is 4.74 Å². The summed E-state index contributed by atoms with van der Waals surface area (Å²) in [6, 6.07) is 16.1. The number of methoxy groups -OCH3 is 1. The average Bonchev–Trinajstić information content (AvgIpc) is 2.52. The highest BCUT2D eigenvalue weighted by atomic mass is 16.5. The molecule has 0 aliphatic rings. The molecule has 0 aliphatic heterocycles. The number of benzene rings is 2. The Hall–Kier alpha value is -2.86. The second-order valence-electron chi connectivity index (χ2n) is 4.13. The van der Waals surface area contributed by atoms with Crippen LogP contribution in [0.2, 0.25) is 0 Å². The van der Waals surface area contributed by atoms with Crippen LogP contribution in [0.4, 0.5) is 0 Å². The highest BCUT2D eigenvalue weighted by molar-refractivity contribution is 6.07. The number of rotatable bonds is 4. The summed E-state index contributed by atoms with van der Waals surface area (Å²) >= 11 is 0. The number of para-hydroxylation sites is 1. The van der Waals surface area contributed by atoms with Gasteiger partial charge in [-0.05, 0) is 30.4 Å². The second kappa shape index (κ2) is 6.35. The van der Waals surface area contributed by atoms with E-state index < -0.39 is 0 Å². The summed E-state index contributed by atoms with van der Waals surface area (Å²) in [7, 11) is 1.59. The van der Waals surface area contributed by atoms with E-state index in [2.05, 4.69) is 0 Å². The molecular weight excluding hydrogens is 250 g/mol. The number of hydrogen-bond acceptors (Lipinski definition) is 3. The van der Waals surface area contributed by atoms with Gasteiger partial charge in [0.05, 0.1) is 18.7 Å². The summed E-state index contributed by atoms with van der Waals surface area (Å²) in [6.07, 6.45) is 3.19. The predicted octanol–water partition coefficient (Wildman–Crippen LogP) is 3.46. The maximum Gasteiger partial charge on any atom is 0.185 e. The van der Waals surface area contributed by atoms with E-state index in [0.29, 0.717) is 16.9 Å². The highest BCUT2D eigenvalue weighted by Gasteiger charge is 2.03. The van der Waals surface area contributed by atoms with Crippen molar-refractivity contribution in [1.82, 2.24) is 0 Å². The Kier molecular flexibility index (Phi) is 4.31. The second-order valence-corrected chi connectivity index (χ2v) is 4.13. The lowest BCUT2D eigenvalue weighted by Crippen LogP contribution is -1.95. The monoisotopic (exact) mass is 263 g/mol. The summed E-state index contributed by atoms with van der Waals surface area (Å²) in [5, 5.41) is 8.82. The van der Waals surface area contributed by atoms with Gasteiger partial charge in [-0.15, -0.1) is 0 Å². The van der Waals surface area contributed by atoms with Gasteiger partial charge in [0.15, 0.2) is 5.78 Å². The van der Waals surface area contributed by atoms with Crippen molar-refractivity contribution >= 4 is 11.9 Å². The van der Waals surface area contributed by atoms with Crippen molar-refractivity contribution in [1.29, 1.82) is 5.26 Å². The minimum atomic E-state index is -0.145. The zero-order valence-corrected chi connectivity index (χ0v) is 11.0. The lowest BCUT2D eigenvalue weighted by atomic mass is 10.1. The van der Waals surface area contributed by atoms with Gasteiger partial charge in [0.25, 0.3) is 0 Å². The molecule has 0 spiro atoms. The molecule has 0 heterocycles. The van der Waals surface area contributed by atoms with Crippen molar-refractivity contribution in [3.8, 4) is 11.8 Å². The number of allylic oxidation sites excluding steroid dienone is 1. The van der Waals surface area contributed by atoms with Crippen molar-refractivity contribution in [2.45, 2.75) is 0 Å². The van der Waals surface area contributed by atoms with Crippen molar-refractivity contribution < 1.29 is 9.53 Å². The van der Waals surface area contributed by atoms with Crippen LogP contribution in [0.5, 0.6) is 5.75 Å². The Morgan fingerprint density at radius 1 is 1.20 bits per heavy atom. The van der Waals surface area contributed by atoms with Gasteiger partial charge >= 0.3 is 0 Å². The smallest absolute Gasteiger partial charge is 0.185 e. The molecule has 2 aromatic carbocycles. The minimum Gasteiger partial charge on any atom is -0.496 e. The number of nitrogens with zero attached hydrogens (tertiary/aromatic N) is 1. The summed E-state index contributed by atoms with van der Waals surface area (Å²) in [6.45, 7) is 0. The maximum absolute atomic E-state index is 12.0. The van der Waals surface area contributed by atoms with Crippen molar-refractivity contribution in [3.05, 3.63) is 71.3 Å². The number of nitriles is 1. The lowest BCUT2D eigenvalue weighted by Gasteiger charge is -2.03. The number of ketones is 1. The van der Waals surface area contributed by atoms with E-state index in [1.54, 1.807) is 37.5 Å². The summed E-state index contributed by atoms with van der Waals surface area (Å²) in [5.74, 6) is 0.565. The Bertz CT molecular complexity index is 696. The Labute approximate surface area is 117 Å². The van der Waals surface area contributed by atoms with Crippen LogP contribution in [-0.4, -0.2) is 12.9 Å². The van der Waals surface area contributed by atoms with Crippen molar-refractivity contribution in [2.24, 2.45) is 0 Å². The topological polar surface area (TPSA) is 50.1 Å². The third-order valence-electron chi connectivity index (χ3n) is 2.83. The largest absolute Gasteiger partial charge is 0.496 e. The number of hydrogen-bond donors (Lipinski definition) is 0. The molecule has 0 aromatic heterocycles. The summed E-state index contributed by atoms with van der Waals surface area (Å²) < 4.78 is 5.21. The number of ether oxygens (including phenoxy) is 1. The first-order valence-corrected chi connectivity index (χ1v) is 6.10. The van der Waals surface area contributed by atoms with E-state index in [4.69, 9.17) is 10.00 Å². The van der Waals surface area contributed by atoms with Gasteiger partial charge in [-0.2, -0.15) is 5.26 Å². The Morgan fingerprint density at radius 3 is 2.75 bits per heavy atom. The van der Waals surface area contributed by atoms with Crippen LogP contribution in [0, 0.1) is 11.3 Å². The van der Waals surface area contributed by atoms with E-state index in [1.165, 1.54) is 6.08 Å². The molecule has 0 fully saturated rings. The number of carbonyl (C=O) groups excluding carboxylic acids is 1. The van der Waals surface area contributed by atoms with Gasteiger partial charge in [0.1, 0.15) is 5.75 Å². The molecule has 98 valence electrons. The molecule has 3 heteroatoms. The third kappa shape index (κ3) is 3.12. The average molecular weight is 263 g/mol. The summed E-state index contributed by atoms with van der Waals surface area (Å²) in [5.41, 5.74) is 1.80. The van der Waals surface area contributed by atoms with Crippen LogP contribution in [0.1, 0.15) is 21.5 Å². The van der Waals surface area contributed by atoms with Crippen LogP contribution in [0.25, 0.3) is 6.08 Å². The van der Waals surface area contributed by atoms with Crippen LogP contribution >= 0.6 is 0 Å². The van der Waals surface area contributed by atoms with E-state index in [1.807, 2.05) is 30.3 Å². The first kappa shape index (κ1) is 13.6. The quantitative estimate of drug-likeness (QED) is 0.627. The molecule has 2 rings (SSSR count). The third-order valence-corrected chi connectivity index (χ3v) is 2.83. The van der Waals surface area contributed by atoms with Gasteiger partial charge in [0.2, 0.25) is 0 Å². The molecule has 0 unspecified atom stereocenters. The zero-order chi connectivity index (χ0) is 14.4. The van der Waals surface area contributed by atoms with Crippen molar-refractivity contribution in [2.75, 3.05) is 7.11 Å². The number of carbonyl (C=O) groups is 1. The minimum absolute atomic E-state index is 0.145. The maximum atomic E-state index is 12.0. The molecule has 0 aliphatic carbocycles. The fourth-order valence-corrected chi connectivity index (χ4v) is 1.81. The normalized spacial score (nSPS) is 10.2. The Morgan fingerprint density at radius 2 is 2.00 bits per heavy atom. The van der Waals surface area contributed by atoms with Crippen LogP contribution in [0.3, 0.4) is 0 Å². The van der Waals surface area contributed by atoms with Gasteiger partial charge in [-0.25, -0.2) is 0 Å². The molecule has 0 atom stereocenters. The molecule has 20 heavy (non-hydrogen) atoms. The lowest BCUT2D eigenvalue weighted by molar-refractivity contribution is 0.104. The molecule has 0 saturated heterocycles. The first-order valence-electron chi connectivity index (χ1n) is 6.10. The standard InChI is InChI=1S/C17H13NO2/c1-20-17-8-3-2-6-14(17)9-10-16(19)15-7-4-5-13(11-15)12-18/h2-11H,1H3. The fourth-order valence-electron chi connectivity index (χ4n) is 1.81. The fraction of sp³-hybridized carbons (Fsp3) is 0.0588. The highest BCUT2D eigenvalue weighted by Crippen LogP contribution is 2.19. The van der Waals surface area contributed by atoms with E-state index >= 15 is 0 Å². The molecule has 2 aromatic rings. The molecule has 0 N–H and O–H groups in total. The van der Waals surface area contributed by atoms with Crippen LogP contribution in [-0.2, 0) is 0 Å². The van der Waals surface area contributed by atoms with E-state index in [0.717, 1.165) is 5.56 Å². The van der Waals surface area contributed by atoms with E-state index in [9.17, 15) is 4.79 Å². The van der Waals surface area contributed by atoms with Gasteiger partial charge in [-0.3, -0.25) is 4.79 Å². The molecule has 0 radical (unpaired) electrons. The van der Waals surface area contributed by atoms with Crippen molar-refractivity contribution in [3.63, 3.8) is 0 Å². The Balaban J connectivity index is 2.23. The summed E-state index contributed by atoms with van der Waals surface area (Å²) in [4.78, 5) is 12.0. The predicted molar refractivity (Wildman–Crippen MR) is 77.5 cm³/mol. The first-order chi connectivity index (χ1) is 9.74.